The van der Waals surface area contributed by atoms with E-state index in [1.54, 1.807) is 14.1 Å². The predicted molar refractivity (Wildman–Crippen MR) is 54.3 cm³/mol. The molecule has 1 aliphatic carbocycles. The molecule has 0 spiro atoms. The zero-order valence-electron chi connectivity index (χ0n) is 7.62. The topological polar surface area (TPSA) is 37.4 Å². The molecule has 0 radical (unpaired) electrons. The van der Waals surface area contributed by atoms with E-state index < -0.39 is 5.38 Å². The number of nitrogens with zero attached hydrogens (tertiary/aromatic N) is 1. The van der Waals surface area contributed by atoms with Crippen LogP contribution in [0.5, 0.6) is 0 Å². The van der Waals surface area contributed by atoms with Crippen molar-refractivity contribution < 1.29 is 9.59 Å². The van der Waals surface area contributed by atoms with Crippen molar-refractivity contribution in [3.05, 3.63) is 0 Å². The van der Waals surface area contributed by atoms with E-state index >= 15 is 0 Å². The predicted octanol–water partition coefficient (Wildman–Crippen LogP) is 1.74. The Balaban J connectivity index is 2.47. The number of halogens is 1. The lowest BCUT2D eigenvalue weighted by Crippen LogP contribution is -2.23. The van der Waals surface area contributed by atoms with E-state index in [0.717, 1.165) is 18.2 Å². The van der Waals surface area contributed by atoms with Gasteiger partial charge in [-0.2, -0.15) is 0 Å². The van der Waals surface area contributed by atoms with Gasteiger partial charge in [-0.15, -0.1) is 11.6 Å². The second kappa shape index (κ2) is 4.33. The van der Waals surface area contributed by atoms with Crippen molar-refractivity contribution in [2.24, 2.45) is 0 Å². The van der Waals surface area contributed by atoms with Gasteiger partial charge in [-0.25, -0.2) is 0 Å². The van der Waals surface area contributed by atoms with Gasteiger partial charge in [-0.1, -0.05) is 11.8 Å². The molecule has 74 valence electrons. The first kappa shape index (κ1) is 10.9. The van der Waals surface area contributed by atoms with Crippen LogP contribution < -0.4 is 0 Å². The molecule has 0 saturated heterocycles. The first-order valence-corrected chi connectivity index (χ1v) is 5.38. The molecule has 0 aromatic heterocycles. The molecule has 3 nitrogen and oxygen atoms in total. The van der Waals surface area contributed by atoms with Crippen LogP contribution in [0.1, 0.15) is 12.8 Å². The number of hydrogen-bond acceptors (Lipinski definition) is 3. The van der Waals surface area contributed by atoms with Gasteiger partial charge in [0.05, 0.1) is 0 Å². The standard InChI is InChI=1S/C8H12ClNO2S/c1-10(2)8(12)13-6-4-3-5(11)7(6)9/h6-7H,3-4H2,1-2H3/t6-,7-/m1/s1. The number of carbonyl (C=O) groups excluding carboxylic acids is 2. The molecule has 13 heavy (non-hydrogen) atoms. The minimum Gasteiger partial charge on any atom is -0.340 e. The SMILES string of the molecule is CN(C)C(=O)S[C@@H]1CCC(=O)[C@H]1Cl. The molecule has 1 saturated carbocycles. The molecule has 0 aromatic carbocycles. The second-order valence-corrected chi connectivity index (χ2v) is 4.88. The van der Waals surface area contributed by atoms with Crippen LogP contribution in [0.4, 0.5) is 4.79 Å². The molecule has 0 bridgehead atoms. The molecule has 2 atom stereocenters. The lowest BCUT2D eigenvalue weighted by atomic mass is 10.3. The van der Waals surface area contributed by atoms with Crippen LogP contribution in [-0.2, 0) is 4.79 Å². The monoisotopic (exact) mass is 221 g/mol. The molecule has 1 fully saturated rings. The van der Waals surface area contributed by atoms with E-state index in [2.05, 4.69) is 0 Å². The van der Waals surface area contributed by atoms with Gasteiger partial charge in [0.1, 0.15) is 5.38 Å². The van der Waals surface area contributed by atoms with Gasteiger partial charge in [0.15, 0.2) is 5.78 Å². The second-order valence-electron chi connectivity index (χ2n) is 3.22. The summed E-state index contributed by atoms with van der Waals surface area (Å²) in [5.74, 6) is 0.0609. The van der Waals surface area contributed by atoms with Gasteiger partial charge in [0.2, 0.25) is 0 Å². The Morgan fingerprint density at radius 1 is 1.62 bits per heavy atom. The summed E-state index contributed by atoms with van der Waals surface area (Å²) in [6.45, 7) is 0. The molecular weight excluding hydrogens is 210 g/mol. The quantitative estimate of drug-likeness (QED) is 0.633. The first-order valence-electron chi connectivity index (χ1n) is 4.07. The average Bonchev–Trinajstić information content (AvgIpc) is 2.36. The Bertz CT molecular complexity index is 232. The van der Waals surface area contributed by atoms with Gasteiger partial charge < -0.3 is 4.90 Å². The number of carbonyl (C=O) groups is 2. The molecule has 1 rings (SSSR count). The highest BCUT2D eigenvalue weighted by Gasteiger charge is 2.35. The number of rotatable bonds is 1. The number of amides is 1. The summed E-state index contributed by atoms with van der Waals surface area (Å²) in [6, 6.07) is 0. The van der Waals surface area contributed by atoms with Gasteiger partial charge in [-0.05, 0) is 6.42 Å². The van der Waals surface area contributed by atoms with Crippen LogP contribution in [0.2, 0.25) is 0 Å². The zero-order chi connectivity index (χ0) is 10.0. The van der Waals surface area contributed by atoms with Crippen molar-refractivity contribution in [2.75, 3.05) is 14.1 Å². The molecule has 0 heterocycles. The first-order chi connectivity index (χ1) is 6.02. The van der Waals surface area contributed by atoms with Crippen molar-refractivity contribution in [2.45, 2.75) is 23.5 Å². The van der Waals surface area contributed by atoms with Crippen molar-refractivity contribution in [3.8, 4) is 0 Å². The van der Waals surface area contributed by atoms with Gasteiger partial charge in [0.25, 0.3) is 5.24 Å². The minimum atomic E-state index is -0.478. The van der Waals surface area contributed by atoms with E-state index in [1.807, 2.05) is 0 Å². The van der Waals surface area contributed by atoms with Crippen LogP contribution >= 0.6 is 23.4 Å². The summed E-state index contributed by atoms with van der Waals surface area (Å²) in [6.07, 6.45) is 1.23. The maximum atomic E-state index is 11.3. The molecule has 0 aromatic rings. The fourth-order valence-corrected chi connectivity index (χ4v) is 2.50. The van der Waals surface area contributed by atoms with Gasteiger partial charge in [-0.3, -0.25) is 9.59 Å². The summed E-state index contributed by atoms with van der Waals surface area (Å²) >= 11 is 7.00. The molecule has 1 aliphatic rings. The third-order valence-corrected chi connectivity index (χ3v) is 4.00. The van der Waals surface area contributed by atoms with Crippen molar-refractivity contribution in [1.29, 1.82) is 0 Å². The summed E-state index contributed by atoms with van der Waals surface area (Å²) < 4.78 is 0. The highest BCUT2D eigenvalue weighted by atomic mass is 35.5. The Morgan fingerprint density at radius 3 is 2.62 bits per heavy atom. The third-order valence-electron chi connectivity index (χ3n) is 1.93. The average molecular weight is 222 g/mol. The largest absolute Gasteiger partial charge is 0.340 e. The molecule has 5 heteroatoms. The molecule has 0 unspecified atom stereocenters. The van der Waals surface area contributed by atoms with Crippen molar-refractivity contribution >= 4 is 34.4 Å². The van der Waals surface area contributed by atoms with Crippen molar-refractivity contribution in [3.63, 3.8) is 0 Å². The Morgan fingerprint density at radius 2 is 2.23 bits per heavy atom. The maximum Gasteiger partial charge on any atom is 0.281 e. The number of hydrogen-bond donors (Lipinski definition) is 0. The third kappa shape index (κ3) is 2.61. The highest BCUT2D eigenvalue weighted by molar-refractivity contribution is 8.14. The molecule has 0 aliphatic heterocycles. The summed E-state index contributed by atoms with van der Waals surface area (Å²) in [5, 5.41) is -0.552. The minimum absolute atomic E-state index is 0.0367. The summed E-state index contributed by atoms with van der Waals surface area (Å²) in [5.41, 5.74) is 0. The molecule has 1 amide bonds. The Hall–Kier alpha value is -0.220. The highest BCUT2D eigenvalue weighted by Crippen LogP contribution is 2.32. The number of thioether (sulfide) groups is 1. The van der Waals surface area contributed by atoms with E-state index in [9.17, 15) is 9.59 Å². The van der Waals surface area contributed by atoms with Crippen LogP contribution in [0.3, 0.4) is 0 Å². The zero-order valence-corrected chi connectivity index (χ0v) is 9.19. The summed E-state index contributed by atoms with van der Waals surface area (Å²) in [4.78, 5) is 23.8. The maximum absolute atomic E-state index is 11.3. The molecular formula is C8H12ClNO2S. The van der Waals surface area contributed by atoms with Crippen molar-refractivity contribution in [1.82, 2.24) is 4.90 Å². The number of Topliss-reactive ketones (excluding diaryl/α,β-unsaturated/α-hetero) is 1. The normalized spacial score (nSPS) is 27.8. The van der Waals surface area contributed by atoms with E-state index in [4.69, 9.17) is 11.6 Å². The van der Waals surface area contributed by atoms with Gasteiger partial charge in [0, 0.05) is 25.8 Å². The van der Waals surface area contributed by atoms with Gasteiger partial charge >= 0.3 is 0 Å². The van der Waals surface area contributed by atoms with Crippen LogP contribution in [-0.4, -0.2) is 40.6 Å². The smallest absolute Gasteiger partial charge is 0.281 e. The van der Waals surface area contributed by atoms with Crippen LogP contribution in [0, 0.1) is 0 Å². The van der Waals surface area contributed by atoms with E-state index in [1.165, 1.54) is 4.90 Å². The fraction of sp³-hybridized carbons (Fsp3) is 0.750. The molecule has 0 N–H and O–H groups in total. The van der Waals surface area contributed by atoms with E-state index in [-0.39, 0.29) is 16.3 Å². The van der Waals surface area contributed by atoms with Crippen LogP contribution in [0.25, 0.3) is 0 Å². The van der Waals surface area contributed by atoms with Crippen LogP contribution in [0.15, 0.2) is 0 Å². The summed E-state index contributed by atoms with van der Waals surface area (Å²) in [7, 11) is 3.38. The lowest BCUT2D eigenvalue weighted by molar-refractivity contribution is -0.117. The number of ketones is 1. The lowest BCUT2D eigenvalue weighted by Gasteiger charge is -2.14. The number of alkyl halides is 1. The fourth-order valence-electron chi connectivity index (χ4n) is 1.13. The van der Waals surface area contributed by atoms with E-state index in [0.29, 0.717) is 6.42 Å². The Labute approximate surface area is 86.8 Å². The Kier molecular flexibility index (Phi) is 3.62.